The molecule has 1 aromatic heterocycles. The van der Waals surface area contributed by atoms with Crippen molar-refractivity contribution in [1.29, 1.82) is 5.41 Å². The Hall–Kier alpha value is -4.76. The van der Waals surface area contributed by atoms with Gasteiger partial charge in [0, 0.05) is 17.8 Å². The maximum absolute atomic E-state index is 14.8. The van der Waals surface area contributed by atoms with Crippen LogP contribution in [0, 0.1) is 5.41 Å². The SMILES string of the molecule is CN(C(=O)OC(C)(C)C)[C@@](C)(C(=O)NC(C(=O)[C@@H]1CCCN1)c1ccc(C(=N)N)s1)C(c1ccccc1)c1ccccc1.O=C(O)C(F)(F)F. The molecule has 3 atom stereocenters. The van der Waals surface area contributed by atoms with Crippen molar-refractivity contribution in [2.75, 3.05) is 13.6 Å². The van der Waals surface area contributed by atoms with Gasteiger partial charge in [-0.05, 0) is 70.3 Å². The molecule has 15 heteroatoms. The van der Waals surface area contributed by atoms with E-state index >= 15 is 0 Å². The summed E-state index contributed by atoms with van der Waals surface area (Å²) >= 11 is 1.19. The standard InChI is InChI=1S/C33H41N5O4S.C2HF3O2/c1-32(2,3)42-31(41)38(5)33(4,26(21-13-8-6-9-14-21)22-15-10-7-11-16-22)30(40)37-27(28(39)23-17-12-20-36-23)24-18-19-25(43-24)29(34)35;3-2(4,5)1(6)7/h6-11,13-16,18-19,23,26-27,36H,12,17,20H2,1-5H3,(H3,34,35)(H,37,40);(H,6,7)/t23-,27?,33+;/m0./s1. The van der Waals surface area contributed by atoms with Gasteiger partial charge < -0.3 is 26.2 Å². The van der Waals surface area contributed by atoms with Gasteiger partial charge in [0.1, 0.15) is 23.0 Å². The molecule has 1 unspecified atom stereocenters. The van der Waals surface area contributed by atoms with Crippen LogP contribution in [-0.4, -0.2) is 76.5 Å². The fraction of sp³-hybridized carbons (Fsp3) is 0.400. The highest BCUT2D eigenvalue weighted by Crippen LogP contribution is 2.40. The number of alkyl halides is 3. The third-order valence-electron chi connectivity index (χ3n) is 8.03. The Morgan fingerprint density at radius 3 is 1.90 bits per heavy atom. The predicted molar refractivity (Wildman–Crippen MR) is 183 cm³/mol. The predicted octanol–water partition coefficient (Wildman–Crippen LogP) is 5.60. The molecule has 11 nitrogen and oxygen atoms in total. The van der Waals surface area contributed by atoms with Crippen molar-refractivity contribution in [3.8, 4) is 0 Å². The Morgan fingerprint density at radius 2 is 1.50 bits per heavy atom. The van der Waals surface area contributed by atoms with Crippen LogP contribution in [-0.2, 0) is 19.1 Å². The summed E-state index contributed by atoms with van der Waals surface area (Å²) in [6.45, 7) is 7.74. The molecule has 0 aliphatic carbocycles. The molecule has 1 saturated heterocycles. The van der Waals surface area contributed by atoms with E-state index < -0.39 is 53.3 Å². The smallest absolute Gasteiger partial charge is 0.475 e. The van der Waals surface area contributed by atoms with E-state index in [1.807, 2.05) is 60.7 Å². The maximum atomic E-state index is 14.8. The number of thiophene rings is 1. The molecule has 2 heterocycles. The largest absolute Gasteiger partial charge is 0.490 e. The van der Waals surface area contributed by atoms with Crippen LogP contribution < -0.4 is 16.4 Å². The van der Waals surface area contributed by atoms with Crippen LogP contribution in [0.3, 0.4) is 0 Å². The van der Waals surface area contributed by atoms with Crippen LogP contribution in [0.4, 0.5) is 18.0 Å². The second kappa shape index (κ2) is 16.3. The van der Waals surface area contributed by atoms with E-state index in [2.05, 4.69) is 10.6 Å². The lowest BCUT2D eigenvalue weighted by molar-refractivity contribution is -0.192. The quantitative estimate of drug-likeness (QED) is 0.133. The number of benzene rings is 2. The number of likely N-dealkylation sites (N-methyl/N-ethyl adjacent to an activating group) is 1. The second-order valence-electron chi connectivity index (χ2n) is 12.8. The number of hydrogen-bond donors (Lipinski definition) is 5. The number of nitrogens with zero attached hydrogens (tertiary/aromatic N) is 1. The monoisotopic (exact) mass is 717 g/mol. The molecule has 0 radical (unpaired) electrons. The average Bonchev–Trinajstić information content (AvgIpc) is 3.76. The van der Waals surface area contributed by atoms with E-state index in [0.29, 0.717) is 22.7 Å². The van der Waals surface area contributed by atoms with E-state index in [-0.39, 0.29) is 11.6 Å². The molecule has 50 heavy (non-hydrogen) atoms. The number of carbonyl (C=O) groups is 4. The van der Waals surface area contributed by atoms with E-state index in [1.54, 1.807) is 46.9 Å². The molecular formula is C35H42F3N5O6S. The van der Waals surface area contributed by atoms with Gasteiger partial charge in [-0.2, -0.15) is 13.2 Å². The van der Waals surface area contributed by atoms with Crippen molar-refractivity contribution < 1.29 is 42.2 Å². The van der Waals surface area contributed by atoms with Crippen LogP contribution in [0.25, 0.3) is 0 Å². The molecule has 2 aromatic carbocycles. The first-order valence-corrected chi connectivity index (χ1v) is 16.5. The minimum absolute atomic E-state index is 0.115. The zero-order valence-corrected chi connectivity index (χ0v) is 29.2. The van der Waals surface area contributed by atoms with Crippen molar-refractivity contribution in [2.24, 2.45) is 5.73 Å². The minimum atomic E-state index is -5.08. The lowest BCUT2D eigenvalue weighted by atomic mass is 9.74. The van der Waals surface area contributed by atoms with Crippen molar-refractivity contribution in [1.82, 2.24) is 15.5 Å². The summed E-state index contributed by atoms with van der Waals surface area (Å²) in [4.78, 5) is 53.7. The highest BCUT2D eigenvalue weighted by atomic mass is 32.1. The normalized spacial score (nSPS) is 16.3. The third kappa shape index (κ3) is 9.91. The Kier molecular flexibility index (Phi) is 12.9. The van der Waals surface area contributed by atoms with E-state index in [1.165, 1.54) is 16.2 Å². The third-order valence-corrected chi connectivity index (χ3v) is 9.22. The first-order chi connectivity index (χ1) is 23.3. The number of aliphatic carboxylic acids is 1. The second-order valence-corrected chi connectivity index (χ2v) is 13.9. The van der Waals surface area contributed by atoms with Crippen molar-refractivity contribution in [3.05, 3.63) is 93.7 Å². The van der Waals surface area contributed by atoms with Gasteiger partial charge in [-0.1, -0.05) is 60.7 Å². The summed E-state index contributed by atoms with van der Waals surface area (Å²) in [5, 5.41) is 21.3. The molecule has 4 rings (SSSR count). The fourth-order valence-electron chi connectivity index (χ4n) is 5.47. The van der Waals surface area contributed by atoms with Crippen LogP contribution in [0.15, 0.2) is 72.8 Å². The molecule has 1 aliphatic rings. The molecule has 1 fully saturated rings. The minimum Gasteiger partial charge on any atom is -0.475 e. The van der Waals surface area contributed by atoms with E-state index in [0.717, 1.165) is 17.5 Å². The highest BCUT2D eigenvalue weighted by Gasteiger charge is 2.50. The van der Waals surface area contributed by atoms with Crippen LogP contribution in [0.5, 0.6) is 0 Å². The molecule has 3 aromatic rings. The number of carbonyl (C=O) groups excluding carboxylic acids is 3. The van der Waals surface area contributed by atoms with Gasteiger partial charge in [0.05, 0.1) is 10.9 Å². The Balaban J connectivity index is 0.000000872. The van der Waals surface area contributed by atoms with E-state index in [4.69, 9.17) is 25.8 Å². The van der Waals surface area contributed by atoms with Crippen molar-refractivity contribution in [2.45, 2.75) is 75.9 Å². The van der Waals surface area contributed by atoms with Crippen LogP contribution in [0.2, 0.25) is 0 Å². The summed E-state index contributed by atoms with van der Waals surface area (Å²) in [5.41, 5.74) is 5.02. The molecule has 0 bridgehead atoms. The maximum Gasteiger partial charge on any atom is 0.490 e. The van der Waals surface area contributed by atoms with Gasteiger partial charge >= 0.3 is 18.2 Å². The van der Waals surface area contributed by atoms with Gasteiger partial charge in [0.25, 0.3) is 0 Å². The number of ketones is 1. The number of ether oxygens (including phenoxy) is 1. The molecule has 0 saturated carbocycles. The molecule has 1 aliphatic heterocycles. The number of rotatable bonds is 10. The topological polar surface area (TPSA) is 175 Å². The van der Waals surface area contributed by atoms with Gasteiger partial charge in [0.15, 0.2) is 5.78 Å². The highest BCUT2D eigenvalue weighted by molar-refractivity contribution is 7.14. The fourth-order valence-corrected chi connectivity index (χ4v) is 6.40. The summed E-state index contributed by atoms with van der Waals surface area (Å²) in [7, 11) is 1.56. The number of nitrogens with one attached hydrogen (secondary N) is 3. The van der Waals surface area contributed by atoms with Gasteiger partial charge in [0.2, 0.25) is 5.91 Å². The van der Waals surface area contributed by atoms with Gasteiger partial charge in [-0.15, -0.1) is 11.3 Å². The van der Waals surface area contributed by atoms with Gasteiger partial charge in [-0.25, -0.2) is 9.59 Å². The first kappa shape index (κ1) is 39.7. The van der Waals surface area contributed by atoms with Crippen LogP contribution >= 0.6 is 11.3 Å². The molecule has 0 spiro atoms. The molecule has 2 amide bonds. The number of amides is 2. The summed E-state index contributed by atoms with van der Waals surface area (Å²) in [6, 6.07) is 21.0. The zero-order chi connectivity index (χ0) is 37.4. The van der Waals surface area contributed by atoms with Crippen LogP contribution in [0.1, 0.15) is 73.4 Å². The van der Waals surface area contributed by atoms with Gasteiger partial charge in [-0.3, -0.25) is 19.9 Å². The number of carboxylic acid groups (broad SMARTS) is 1. The number of Topliss-reactive ketones (excluding diaryl/α,β-unsaturated/α-hetero) is 1. The molecule has 270 valence electrons. The number of halogens is 3. The lowest BCUT2D eigenvalue weighted by Crippen LogP contribution is -2.62. The average molecular weight is 718 g/mol. The Morgan fingerprint density at radius 1 is 0.980 bits per heavy atom. The molecular weight excluding hydrogens is 675 g/mol. The Bertz CT molecular complexity index is 1620. The number of amidine groups is 1. The molecule has 6 N–H and O–H groups in total. The number of nitrogen functional groups attached to an aromatic ring is 1. The first-order valence-electron chi connectivity index (χ1n) is 15.7. The van der Waals surface area contributed by atoms with Crippen molar-refractivity contribution in [3.63, 3.8) is 0 Å². The van der Waals surface area contributed by atoms with Crippen molar-refractivity contribution >= 4 is 40.9 Å². The number of hydrogen-bond acceptors (Lipinski definition) is 8. The zero-order valence-electron chi connectivity index (χ0n) is 28.3. The summed E-state index contributed by atoms with van der Waals surface area (Å²) in [6.07, 6.45) is -4.25. The summed E-state index contributed by atoms with van der Waals surface area (Å²) in [5.74, 6) is -4.19. The lowest BCUT2D eigenvalue weighted by Gasteiger charge is -2.44. The number of carboxylic acids is 1. The summed E-state index contributed by atoms with van der Waals surface area (Å²) < 4.78 is 37.5. The number of nitrogens with two attached hydrogens (primary N) is 1. The van der Waals surface area contributed by atoms with E-state index in [9.17, 15) is 27.6 Å². The Labute approximate surface area is 292 Å².